The lowest BCUT2D eigenvalue weighted by molar-refractivity contribution is -0.139. The monoisotopic (exact) mass is 356 g/mol. The molecule has 0 aromatic heterocycles. The van der Waals surface area contributed by atoms with E-state index in [1.807, 2.05) is 50.2 Å². The number of carbonyl (C=O) groups is 2. The van der Waals surface area contributed by atoms with Crippen LogP contribution in [0.1, 0.15) is 18.1 Å². The summed E-state index contributed by atoms with van der Waals surface area (Å²) in [5.41, 5.74) is 3.01. The zero-order chi connectivity index (χ0) is 18.6. The summed E-state index contributed by atoms with van der Waals surface area (Å²) in [6, 6.07) is 7.21. The van der Waals surface area contributed by atoms with Crippen LogP contribution in [0.5, 0.6) is 0 Å². The van der Waals surface area contributed by atoms with Gasteiger partial charge in [-0.15, -0.1) is 0 Å². The minimum atomic E-state index is -0.416. The molecule has 0 saturated carbocycles. The Morgan fingerprint density at radius 3 is 2.73 bits per heavy atom. The molecule has 8 heteroatoms. The third-order valence-corrected chi connectivity index (χ3v) is 5.28. The maximum absolute atomic E-state index is 13.3. The summed E-state index contributed by atoms with van der Waals surface area (Å²) in [5, 5.41) is 9.65. The molecule has 1 aromatic carbocycles. The summed E-state index contributed by atoms with van der Waals surface area (Å²) >= 11 is 0. The zero-order valence-corrected chi connectivity index (χ0v) is 15.5. The zero-order valence-electron chi connectivity index (χ0n) is 15.5. The number of imide groups is 1. The Hall–Kier alpha value is -2.45. The van der Waals surface area contributed by atoms with E-state index < -0.39 is 6.04 Å². The van der Waals surface area contributed by atoms with Crippen LogP contribution in [-0.4, -0.2) is 76.5 Å². The number of amides is 3. The summed E-state index contributed by atoms with van der Waals surface area (Å²) in [7, 11) is 3.62. The van der Waals surface area contributed by atoms with Crippen LogP contribution in [0.4, 0.5) is 4.79 Å². The Labute approximate surface area is 153 Å². The molecule has 4 rings (SSSR count). The van der Waals surface area contributed by atoms with E-state index in [1.54, 1.807) is 11.9 Å². The van der Waals surface area contributed by atoms with Gasteiger partial charge in [0.05, 0.1) is 6.54 Å². The number of hydrazone groups is 1. The van der Waals surface area contributed by atoms with Crippen LogP contribution >= 0.6 is 0 Å². The highest BCUT2D eigenvalue weighted by Gasteiger charge is 2.55. The molecule has 26 heavy (non-hydrogen) atoms. The molecule has 3 aliphatic heterocycles. The maximum Gasteiger partial charge on any atom is 0.328 e. The Balaban J connectivity index is 1.64. The van der Waals surface area contributed by atoms with Crippen molar-refractivity contribution in [3.05, 3.63) is 35.4 Å². The van der Waals surface area contributed by atoms with Crippen molar-refractivity contribution < 1.29 is 9.59 Å². The van der Waals surface area contributed by atoms with E-state index in [2.05, 4.69) is 15.3 Å². The van der Waals surface area contributed by atoms with Gasteiger partial charge in [-0.2, -0.15) is 5.10 Å². The summed E-state index contributed by atoms with van der Waals surface area (Å²) in [6.45, 7) is 4.85. The molecule has 1 N–H and O–H groups in total. The first kappa shape index (κ1) is 17.0. The molecule has 0 radical (unpaired) electrons. The molecule has 2 saturated heterocycles. The van der Waals surface area contributed by atoms with E-state index in [1.165, 1.54) is 4.90 Å². The number of hydrogen-bond acceptors (Lipinski definition) is 6. The molecule has 0 bridgehead atoms. The van der Waals surface area contributed by atoms with Crippen molar-refractivity contribution in [3.63, 3.8) is 0 Å². The molecule has 0 aliphatic carbocycles. The number of urea groups is 1. The molecular weight excluding hydrogens is 332 g/mol. The van der Waals surface area contributed by atoms with Crippen molar-refractivity contribution in [2.45, 2.75) is 38.9 Å². The predicted octanol–water partition coefficient (Wildman–Crippen LogP) is 0.594. The molecule has 8 nitrogen and oxygen atoms in total. The lowest BCUT2D eigenvalue weighted by atomic mass is 10.1. The summed E-state index contributed by atoms with van der Waals surface area (Å²) in [5.74, 6) is -0.155. The van der Waals surface area contributed by atoms with Gasteiger partial charge in [0.25, 0.3) is 5.91 Å². The number of likely N-dealkylation sites (N-methyl/N-ethyl adjacent to an activating group) is 1. The molecular formula is C18H24N6O2. The number of fused-ring (bicyclic) bond motifs is 3. The molecule has 3 amide bonds. The van der Waals surface area contributed by atoms with Crippen LogP contribution in [-0.2, 0) is 11.3 Å². The normalized spacial score (nSPS) is 29.0. The second kappa shape index (κ2) is 6.07. The van der Waals surface area contributed by atoms with Crippen LogP contribution in [0.15, 0.2) is 29.4 Å². The fourth-order valence-corrected chi connectivity index (χ4v) is 4.10. The second-order valence-corrected chi connectivity index (χ2v) is 7.32. The number of aryl methyl sites for hydroxylation is 1. The van der Waals surface area contributed by atoms with Crippen LogP contribution < -0.4 is 5.32 Å². The number of benzene rings is 1. The number of hydrogen-bond donors (Lipinski definition) is 1. The predicted molar refractivity (Wildman–Crippen MR) is 97.0 cm³/mol. The van der Waals surface area contributed by atoms with Gasteiger partial charge in [-0.3, -0.25) is 20.0 Å². The van der Waals surface area contributed by atoms with Crippen LogP contribution in [0.2, 0.25) is 0 Å². The van der Waals surface area contributed by atoms with Crippen molar-refractivity contribution in [2.24, 2.45) is 5.10 Å². The standard InChI is InChI=1S/C18H24N6O2/c1-11-6-5-7-13(8-11)10-24-16(25)14-15(21(3)18(24)26)19-17-22(4)20-12(2)9-23(14)17/h5-8,14-15,17,19H,9-10H2,1-4H3. The van der Waals surface area contributed by atoms with Gasteiger partial charge in [-0.05, 0) is 19.4 Å². The SMILES string of the molecule is CC1=NN(C)C2NC3C(C(=O)N(Cc4cccc(C)c4)C(=O)N3C)N2C1. The third-order valence-electron chi connectivity index (χ3n) is 5.28. The van der Waals surface area contributed by atoms with Gasteiger partial charge >= 0.3 is 6.03 Å². The summed E-state index contributed by atoms with van der Waals surface area (Å²) in [6.07, 6.45) is -0.538. The quantitative estimate of drug-likeness (QED) is 0.840. The smallest absolute Gasteiger partial charge is 0.310 e. The van der Waals surface area contributed by atoms with Gasteiger partial charge in [-0.25, -0.2) is 9.69 Å². The molecule has 0 spiro atoms. The van der Waals surface area contributed by atoms with E-state index >= 15 is 0 Å². The van der Waals surface area contributed by atoms with Gasteiger partial charge in [0.1, 0.15) is 12.2 Å². The van der Waals surface area contributed by atoms with E-state index in [4.69, 9.17) is 0 Å². The molecule has 1 aromatic rings. The summed E-state index contributed by atoms with van der Waals surface area (Å²) in [4.78, 5) is 31.2. The highest BCUT2D eigenvalue weighted by molar-refractivity contribution is 6.01. The lowest BCUT2D eigenvalue weighted by Crippen LogP contribution is -2.66. The van der Waals surface area contributed by atoms with Crippen molar-refractivity contribution in [2.75, 3.05) is 20.6 Å². The van der Waals surface area contributed by atoms with Gasteiger partial charge < -0.3 is 4.90 Å². The second-order valence-electron chi connectivity index (χ2n) is 7.32. The average Bonchev–Trinajstić information content (AvgIpc) is 2.97. The highest BCUT2D eigenvalue weighted by Crippen LogP contribution is 2.30. The van der Waals surface area contributed by atoms with Gasteiger partial charge in [0.2, 0.25) is 0 Å². The maximum atomic E-state index is 13.3. The van der Waals surface area contributed by atoms with E-state index in [-0.39, 0.29) is 30.9 Å². The molecule has 3 unspecified atom stereocenters. The average molecular weight is 356 g/mol. The first-order valence-electron chi connectivity index (χ1n) is 8.79. The Morgan fingerprint density at radius 2 is 2.00 bits per heavy atom. The lowest BCUT2D eigenvalue weighted by Gasteiger charge is -2.42. The van der Waals surface area contributed by atoms with Crippen LogP contribution in [0.3, 0.4) is 0 Å². The number of carbonyl (C=O) groups excluding carboxylic acids is 2. The van der Waals surface area contributed by atoms with E-state index in [0.717, 1.165) is 16.8 Å². The van der Waals surface area contributed by atoms with Gasteiger partial charge in [-0.1, -0.05) is 29.8 Å². The minimum absolute atomic E-state index is 0.155. The van der Waals surface area contributed by atoms with Crippen molar-refractivity contribution in [1.29, 1.82) is 0 Å². The molecule has 3 aliphatic rings. The Morgan fingerprint density at radius 1 is 1.23 bits per heavy atom. The first-order chi connectivity index (χ1) is 12.4. The van der Waals surface area contributed by atoms with Crippen molar-refractivity contribution in [1.82, 2.24) is 25.0 Å². The fraction of sp³-hybridized carbons (Fsp3) is 0.500. The molecule has 3 atom stereocenters. The van der Waals surface area contributed by atoms with E-state index in [9.17, 15) is 9.59 Å². The van der Waals surface area contributed by atoms with Crippen LogP contribution in [0.25, 0.3) is 0 Å². The van der Waals surface area contributed by atoms with Gasteiger partial charge in [0.15, 0.2) is 6.29 Å². The Kier molecular flexibility index (Phi) is 3.96. The van der Waals surface area contributed by atoms with Crippen LogP contribution in [0, 0.1) is 6.92 Å². The first-order valence-corrected chi connectivity index (χ1v) is 8.79. The van der Waals surface area contributed by atoms with Gasteiger partial charge in [0, 0.05) is 26.4 Å². The fourth-order valence-electron chi connectivity index (χ4n) is 4.10. The van der Waals surface area contributed by atoms with E-state index in [0.29, 0.717) is 6.54 Å². The number of nitrogens with zero attached hydrogens (tertiary/aromatic N) is 5. The summed E-state index contributed by atoms with van der Waals surface area (Å²) < 4.78 is 0. The molecule has 138 valence electrons. The topological polar surface area (TPSA) is 71.5 Å². The number of nitrogens with one attached hydrogen (secondary N) is 1. The minimum Gasteiger partial charge on any atom is -0.310 e. The largest absolute Gasteiger partial charge is 0.328 e. The number of rotatable bonds is 2. The van der Waals surface area contributed by atoms with Crippen molar-refractivity contribution in [3.8, 4) is 0 Å². The third kappa shape index (κ3) is 2.57. The molecule has 3 heterocycles. The van der Waals surface area contributed by atoms with Crippen molar-refractivity contribution >= 4 is 17.6 Å². The molecule has 2 fully saturated rings. The highest BCUT2D eigenvalue weighted by atomic mass is 16.2. The Bertz CT molecular complexity index is 794.